The summed E-state index contributed by atoms with van der Waals surface area (Å²) in [5, 5.41) is 8.30. The lowest BCUT2D eigenvalue weighted by molar-refractivity contribution is -0.423. The van der Waals surface area contributed by atoms with E-state index in [4.69, 9.17) is 5.11 Å². The van der Waals surface area contributed by atoms with E-state index in [2.05, 4.69) is 6.92 Å². The third-order valence-electron chi connectivity index (χ3n) is 2.10. The first-order chi connectivity index (χ1) is 8.42. The molecule has 12 heteroatoms. The SMILES string of the molecule is [CH2]C(O)CC(F)(F)C(F)(F)C(F)(F)C(F)(F)C(F)(F)F. The molecule has 1 N–H and O–H groups in total. The Hall–Kier alpha value is -0.810. The number of aliphatic hydroxyl groups excluding tert-OH is 1. The van der Waals surface area contributed by atoms with Crippen molar-refractivity contribution in [2.24, 2.45) is 0 Å². The maximum atomic E-state index is 12.7. The average molecular weight is 327 g/mol. The van der Waals surface area contributed by atoms with Gasteiger partial charge in [-0.05, 0) is 6.92 Å². The molecule has 1 radical (unpaired) electrons. The van der Waals surface area contributed by atoms with Crippen molar-refractivity contribution in [3.8, 4) is 0 Å². The van der Waals surface area contributed by atoms with Crippen molar-refractivity contribution in [2.45, 2.75) is 42.4 Å². The number of alkyl halides is 11. The molecule has 0 fully saturated rings. The zero-order valence-corrected chi connectivity index (χ0v) is 9.10. The molecule has 0 saturated carbocycles. The third kappa shape index (κ3) is 2.79. The summed E-state index contributed by atoms with van der Waals surface area (Å²) < 4.78 is 136. The number of aliphatic hydroxyl groups is 1. The summed E-state index contributed by atoms with van der Waals surface area (Å²) in [5.41, 5.74) is 0. The second-order valence-corrected chi connectivity index (χ2v) is 3.78. The van der Waals surface area contributed by atoms with E-state index in [9.17, 15) is 48.3 Å². The smallest absolute Gasteiger partial charge is 0.393 e. The van der Waals surface area contributed by atoms with E-state index in [0.29, 0.717) is 0 Å². The van der Waals surface area contributed by atoms with Gasteiger partial charge in [-0.2, -0.15) is 48.3 Å². The van der Waals surface area contributed by atoms with Crippen LogP contribution in [-0.2, 0) is 0 Å². The number of hydrogen-bond acceptors (Lipinski definition) is 1. The Bertz CT molecular complexity index is 343. The van der Waals surface area contributed by atoms with Gasteiger partial charge in [-0.15, -0.1) is 0 Å². The minimum Gasteiger partial charge on any atom is -0.393 e. The van der Waals surface area contributed by atoms with Crippen LogP contribution in [-0.4, -0.2) is 41.1 Å². The maximum absolute atomic E-state index is 12.7. The minimum atomic E-state index is -7.43. The highest BCUT2D eigenvalue weighted by molar-refractivity contribution is 5.06. The Balaban J connectivity index is 5.80. The van der Waals surface area contributed by atoms with Crippen molar-refractivity contribution < 1.29 is 53.4 Å². The molecule has 1 nitrogen and oxygen atoms in total. The zero-order chi connectivity index (χ0) is 16.8. The van der Waals surface area contributed by atoms with Crippen molar-refractivity contribution in [1.82, 2.24) is 0 Å². The lowest BCUT2D eigenvalue weighted by Gasteiger charge is -2.37. The number of hydrogen-bond donors (Lipinski definition) is 1. The van der Waals surface area contributed by atoms with Crippen LogP contribution in [0.4, 0.5) is 48.3 Å². The molecule has 1 atom stereocenters. The van der Waals surface area contributed by atoms with Gasteiger partial charge in [0.2, 0.25) is 0 Å². The van der Waals surface area contributed by atoms with Crippen LogP contribution in [0.25, 0.3) is 0 Å². The lowest BCUT2D eigenvalue weighted by atomic mass is 9.95. The van der Waals surface area contributed by atoms with E-state index in [1.165, 1.54) is 0 Å². The molecule has 0 spiro atoms. The first-order valence-electron chi connectivity index (χ1n) is 4.51. The first kappa shape index (κ1) is 19.2. The highest BCUT2D eigenvalue weighted by Gasteiger charge is 2.86. The van der Waals surface area contributed by atoms with Crippen LogP contribution in [0.1, 0.15) is 6.42 Å². The van der Waals surface area contributed by atoms with Gasteiger partial charge >= 0.3 is 29.9 Å². The van der Waals surface area contributed by atoms with Gasteiger partial charge in [0, 0.05) is 6.42 Å². The Morgan fingerprint density at radius 1 is 0.700 bits per heavy atom. The van der Waals surface area contributed by atoms with Crippen LogP contribution in [0.2, 0.25) is 0 Å². The summed E-state index contributed by atoms with van der Waals surface area (Å²) in [7, 11) is 0. The van der Waals surface area contributed by atoms with Gasteiger partial charge in [-0.3, -0.25) is 0 Å². The van der Waals surface area contributed by atoms with E-state index in [0.717, 1.165) is 0 Å². The van der Waals surface area contributed by atoms with Crippen molar-refractivity contribution in [3.05, 3.63) is 6.92 Å². The number of rotatable bonds is 5. The molecule has 0 aromatic heterocycles. The molecule has 20 heavy (non-hydrogen) atoms. The largest absolute Gasteiger partial charge is 0.460 e. The highest BCUT2D eigenvalue weighted by Crippen LogP contribution is 2.58. The fourth-order valence-electron chi connectivity index (χ4n) is 1.03. The lowest BCUT2D eigenvalue weighted by Crippen LogP contribution is -2.66. The average Bonchev–Trinajstić information content (AvgIpc) is 2.12. The molecule has 0 saturated heterocycles. The molecule has 0 aromatic carbocycles. The summed E-state index contributed by atoms with van der Waals surface area (Å²) in [4.78, 5) is 0. The van der Waals surface area contributed by atoms with Crippen LogP contribution in [0, 0.1) is 6.92 Å². The van der Waals surface area contributed by atoms with E-state index in [1.54, 1.807) is 0 Å². The van der Waals surface area contributed by atoms with Crippen LogP contribution in [0.3, 0.4) is 0 Å². The minimum absolute atomic E-state index is 2.32. The van der Waals surface area contributed by atoms with Crippen molar-refractivity contribution in [3.63, 3.8) is 0 Å². The van der Waals surface area contributed by atoms with Crippen LogP contribution >= 0.6 is 0 Å². The predicted octanol–water partition coefficient (Wildman–Crippen LogP) is 3.67. The van der Waals surface area contributed by atoms with Crippen molar-refractivity contribution >= 4 is 0 Å². The fourth-order valence-corrected chi connectivity index (χ4v) is 1.03. The molecule has 0 rings (SSSR count). The molecule has 121 valence electrons. The Kier molecular flexibility index (Phi) is 4.68. The van der Waals surface area contributed by atoms with E-state index >= 15 is 0 Å². The summed E-state index contributed by atoms with van der Waals surface area (Å²) in [5.74, 6) is -28.0. The summed E-state index contributed by atoms with van der Waals surface area (Å²) in [6.45, 7) is 2.32. The summed E-state index contributed by atoms with van der Waals surface area (Å²) in [6.07, 6.45) is -12.3. The second kappa shape index (κ2) is 4.88. The molecule has 0 aliphatic rings. The van der Waals surface area contributed by atoms with Crippen LogP contribution in [0.15, 0.2) is 0 Å². The van der Waals surface area contributed by atoms with Gasteiger partial charge in [0.1, 0.15) is 0 Å². The van der Waals surface area contributed by atoms with E-state index in [-0.39, 0.29) is 0 Å². The summed E-state index contributed by atoms with van der Waals surface area (Å²) >= 11 is 0. The Labute approximate surface area is 104 Å². The molecule has 0 heterocycles. The van der Waals surface area contributed by atoms with Gasteiger partial charge in [0.15, 0.2) is 0 Å². The number of halogens is 11. The van der Waals surface area contributed by atoms with Gasteiger partial charge in [-0.1, -0.05) is 0 Å². The van der Waals surface area contributed by atoms with E-state index in [1.807, 2.05) is 0 Å². The molecular formula is C8H6F11O. The molecule has 0 aromatic rings. The third-order valence-corrected chi connectivity index (χ3v) is 2.10. The molecule has 1 unspecified atom stereocenters. The monoisotopic (exact) mass is 327 g/mol. The molecule has 0 amide bonds. The molecule has 0 aliphatic carbocycles. The highest BCUT2D eigenvalue weighted by atomic mass is 19.4. The molecule has 0 bridgehead atoms. The Morgan fingerprint density at radius 3 is 1.30 bits per heavy atom. The standard InChI is InChI=1S/C8H6F11O/c1-3(20)2-4(9,10)5(11,12)6(13,14)7(15,16)8(17,18)19/h3,20H,1-2H2. The molecular weight excluding hydrogens is 321 g/mol. The van der Waals surface area contributed by atoms with Crippen LogP contribution in [0.5, 0.6) is 0 Å². The van der Waals surface area contributed by atoms with E-state index < -0.39 is 42.4 Å². The Morgan fingerprint density at radius 2 is 1.05 bits per heavy atom. The van der Waals surface area contributed by atoms with Gasteiger partial charge < -0.3 is 5.11 Å². The van der Waals surface area contributed by atoms with Crippen molar-refractivity contribution in [1.29, 1.82) is 0 Å². The predicted molar refractivity (Wildman–Crippen MR) is 41.8 cm³/mol. The summed E-state index contributed by atoms with van der Waals surface area (Å²) in [6, 6.07) is 0. The zero-order valence-electron chi connectivity index (χ0n) is 9.10. The molecule has 0 aliphatic heterocycles. The fraction of sp³-hybridized carbons (Fsp3) is 0.875. The van der Waals surface area contributed by atoms with Crippen molar-refractivity contribution in [2.75, 3.05) is 0 Å². The maximum Gasteiger partial charge on any atom is 0.460 e. The topological polar surface area (TPSA) is 20.2 Å². The quantitative estimate of drug-likeness (QED) is 0.764. The second-order valence-electron chi connectivity index (χ2n) is 3.78. The van der Waals surface area contributed by atoms with Gasteiger partial charge in [0.05, 0.1) is 6.10 Å². The normalized spacial score (nSPS) is 17.2. The van der Waals surface area contributed by atoms with Gasteiger partial charge in [-0.25, -0.2) is 0 Å². The van der Waals surface area contributed by atoms with Crippen LogP contribution < -0.4 is 0 Å². The first-order valence-corrected chi connectivity index (χ1v) is 4.51. The van der Waals surface area contributed by atoms with Gasteiger partial charge in [0.25, 0.3) is 0 Å².